The highest BCUT2D eigenvalue weighted by Crippen LogP contribution is 2.65. The van der Waals surface area contributed by atoms with Crippen LogP contribution in [-0.4, -0.2) is 57.3 Å². The lowest BCUT2D eigenvalue weighted by atomic mass is 9.49. The molecular formula is C36H31Cl2F3N4O6. The molecule has 4 amide bonds. The summed E-state index contributed by atoms with van der Waals surface area (Å²) in [5, 5.41) is 12.2. The van der Waals surface area contributed by atoms with Crippen LogP contribution in [0.3, 0.4) is 0 Å². The number of phenols is 1. The molecule has 6 atom stereocenters. The van der Waals surface area contributed by atoms with Crippen LogP contribution in [0.25, 0.3) is 0 Å². The number of alkyl halides is 3. The van der Waals surface area contributed by atoms with E-state index in [9.17, 15) is 32.7 Å². The number of methoxy groups -OCH3 is 1. The Morgan fingerprint density at radius 2 is 1.76 bits per heavy atom. The lowest BCUT2D eigenvalue weighted by molar-refractivity contribution is -0.141. The summed E-state index contributed by atoms with van der Waals surface area (Å²) in [6, 6.07) is 11.7. The third kappa shape index (κ3) is 5.18. The van der Waals surface area contributed by atoms with E-state index in [0.717, 1.165) is 0 Å². The second-order valence-electron chi connectivity index (χ2n) is 13.1. The van der Waals surface area contributed by atoms with Crippen molar-refractivity contribution in [2.75, 3.05) is 19.1 Å². The summed E-state index contributed by atoms with van der Waals surface area (Å²) in [7, 11) is 1.37. The van der Waals surface area contributed by atoms with Crippen molar-refractivity contribution in [3.8, 4) is 11.5 Å². The van der Waals surface area contributed by atoms with E-state index in [1.165, 1.54) is 18.1 Å². The number of imide groups is 2. The van der Waals surface area contributed by atoms with Crippen LogP contribution in [0.15, 0.2) is 66.4 Å². The van der Waals surface area contributed by atoms with Crippen molar-refractivity contribution in [3.63, 3.8) is 0 Å². The molecule has 0 spiro atoms. The van der Waals surface area contributed by atoms with Gasteiger partial charge in [0.25, 0.3) is 11.8 Å². The minimum Gasteiger partial charge on any atom is -0.504 e. The maximum Gasteiger partial charge on any atom is 0.417 e. The number of halogens is 5. The number of likely N-dealkylation sites (tertiary alicyclic amines) is 1. The monoisotopic (exact) mass is 742 g/mol. The van der Waals surface area contributed by atoms with Gasteiger partial charge < -0.3 is 9.84 Å². The molecule has 10 nitrogen and oxygen atoms in total. The third-order valence-corrected chi connectivity index (χ3v) is 11.2. The molecule has 7 rings (SSSR count). The molecule has 1 saturated carbocycles. The normalized spacial score (nSPS) is 27.3. The van der Waals surface area contributed by atoms with Gasteiger partial charge in [-0.15, -0.1) is 0 Å². The Morgan fingerprint density at radius 1 is 1.04 bits per heavy atom. The summed E-state index contributed by atoms with van der Waals surface area (Å²) in [5.41, 5.74) is 0.862. The van der Waals surface area contributed by atoms with Gasteiger partial charge in [-0.2, -0.15) is 18.2 Å². The zero-order valence-electron chi connectivity index (χ0n) is 27.2. The lowest BCUT2D eigenvalue weighted by Crippen LogP contribution is -2.53. The van der Waals surface area contributed by atoms with E-state index in [1.807, 2.05) is 13.0 Å². The molecule has 3 heterocycles. The van der Waals surface area contributed by atoms with E-state index < -0.39 is 63.6 Å². The molecule has 3 aromatic rings. The van der Waals surface area contributed by atoms with Gasteiger partial charge >= 0.3 is 6.18 Å². The van der Waals surface area contributed by atoms with Crippen LogP contribution in [0, 0.1) is 23.7 Å². The number of anilines is 1. The average Bonchev–Trinajstić information content (AvgIpc) is 3.46. The van der Waals surface area contributed by atoms with E-state index in [1.54, 1.807) is 36.4 Å². The maximum absolute atomic E-state index is 15.2. The van der Waals surface area contributed by atoms with E-state index in [-0.39, 0.29) is 54.1 Å². The first-order valence-corrected chi connectivity index (χ1v) is 17.1. The highest BCUT2D eigenvalue weighted by molar-refractivity contribution is 6.33. The zero-order valence-corrected chi connectivity index (χ0v) is 28.7. The number of ether oxygens (including phenoxy) is 1. The number of pyridine rings is 1. The van der Waals surface area contributed by atoms with Gasteiger partial charge in [-0.3, -0.25) is 29.5 Å². The smallest absolute Gasteiger partial charge is 0.417 e. The van der Waals surface area contributed by atoms with Crippen molar-refractivity contribution >= 4 is 52.6 Å². The number of aromatic nitrogens is 1. The predicted molar refractivity (Wildman–Crippen MR) is 179 cm³/mol. The van der Waals surface area contributed by atoms with Crippen LogP contribution >= 0.6 is 23.2 Å². The van der Waals surface area contributed by atoms with E-state index in [4.69, 9.17) is 27.9 Å². The molecule has 15 heteroatoms. The number of hydrazine groups is 1. The second kappa shape index (κ2) is 12.6. The van der Waals surface area contributed by atoms with E-state index >= 15 is 4.79 Å². The van der Waals surface area contributed by atoms with Crippen LogP contribution < -0.4 is 10.2 Å². The van der Waals surface area contributed by atoms with Gasteiger partial charge in [0, 0.05) is 29.2 Å². The number of allylic oxidation sites excluding steroid dienone is 2. The predicted octanol–water partition coefficient (Wildman–Crippen LogP) is 6.52. The first-order chi connectivity index (χ1) is 24.2. The van der Waals surface area contributed by atoms with Crippen molar-refractivity contribution in [1.82, 2.24) is 14.9 Å². The Morgan fingerprint density at radius 3 is 2.41 bits per heavy atom. The van der Waals surface area contributed by atoms with Crippen LogP contribution in [0.1, 0.15) is 48.8 Å². The molecule has 2 saturated heterocycles. The summed E-state index contributed by atoms with van der Waals surface area (Å²) >= 11 is 12.5. The topological polar surface area (TPSA) is 129 Å². The SMILES string of the molecule is CCCN1C(=O)C2CC=C3C(CC4C(=O)N(Nc5ncc(C(F)(F)F)cc5Cl)C(=O)C4(c4ccc(Cl)cc4)C3c3cccc(OC)c3O)C2C1=O. The van der Waals surface area contributed by atoms with Crippen molar-refractivity contribution in [2.45, 2.75) is 43.7 Å². The molecular weight excluding hydrogens is 712 g/mol. The molecule has 2 N–H and O–H groups in total. The molecule has 266 valence electrons. The standard InChI is InChI=1S/C36H31Cl2F3N4O6/c1-3-13-44-31(47)21-12-11-20-23(27(21)33(44)49)15-24-32(48)45(43-30-25(38)14-18(16-42-30)36(39,40)41)34(50)35(24,17-7-9-19(37)10-8-17)28(20)22-5-4-6-26(51-2)29(22)46/h4-11,14,16,21,23-24,27-28,46H,3,12-13,15H2,1-2H3,(H,42,43). The van der Waals surface area contributed by atoms with Gasteiger partial charge in [0.15, 0.2) is 17.3 Å². The van der Waals surface area contributed by atoms with E-state index in [2.05, 4.69) is 10.4 Å². The van der Waals surface area contributed by atoms with Crippen LogP contribution in [0.4, 0.5) is 19.0 Å². The summed E-state index contributed by atoms with van der Waals surface area (Å²) in [6.07, 6.45) is -1.67. The highest BCUT2D eigenvalue weighted by atomic mass is 35.5. The summed E-state index contributed by atoms with van der Waals surface area (Å²) in [4.78, 5) is 62.5. The van der Waals surface area contributed by atoms with Crippen LogP contribution in [-0.2, 0) is 30.8 Å². The van der Waals surface area contributed by atoms with Gasteiger partial charge in [0.05, 0.1) is 40.9 Å². The Labute approximate surface area is 300 Å². The lowest BCUT2D eigenvalue weighted by Gasteiger charge is -2.50. The molecule has 0 bridgehead atoms. The molecule has 2 aliphatic carbocycles. The number of hydrogen-bond donors (Lipinski definition) is 2. The molecule has 51 heavy (non-hydrogen) atoms. The fraction of sp³-hybridized carbons (Fsp3) is 0.361. The number of carbonyl (C=O) groups excluding carboxylic acids is 4. The van der Waals surface area contributed by atoms with Crippen molar-refractivity contribution < 1.29 is 42.2 Å². The van der Waals surface area contributed by atoms with Gasteiger partial charge in [0.2, 0.25) is 11.8 Å². The molecule has 0 radical (unpaired) electrons. The number of phenolic OH excluding ortho intramolecular Hbond substituents is 1. The molecule has 3 fully saturated rings. The van der Waals surface area contributed by atoms with Crippen LogP contribution in [0.2, 0.25) is 10.0 Å². The number of amides is 4. The number of para-hydroxylation sites is 1. The quantitative estimate of drug-likeness (QED) is 0.207. The fourth-order valence-corrected chi connectivity index (χ4v) is 8.91. The Hall–Kier alpha value is -4.62. The average molecular weight is 744 g/mol. The van der Waals surface area contributed by atoms with Gasteiger partial charge in [0.1, 0.15) is 0 Å². The number of carbonyl (C=O) groups is 4. The minimum atomic E-state index is -4.75. The Kier molecular flexibility index (Phi) is 8.57. The number of fused-ring (bicyclic) bond motifs is 4. The largest absolute Gasteiger partial charge is 0.504 e. The third-order valence-electron chi connectivity index (χ3n) is 10.7. The molecule has 2 aromatic carbocycles. The zero-order chi connectivity index (χ0) is 36.6. The van der Waals surface area contributed by atoms with Gasteiger partial charge in [-0.1, -0.05) is 66.0 Å². The molecule has 1 aromatic heterocycles. The first kappa shape index (κ1) is 34.8. The number of nitrogens with zero attached hydrogens (tertiary/aromatic N) is 3. The summed E-state index contributed by atoms with van der Waals surface area (Å²) in [5.74, 6) is -7.24. The highest BCUT2D eigenvalue weighted by Gasteiger charge is 2.70. The Balaban J connectivity index is 1.45. The van der Waals surface area contributed by atoms with Crippen molar-refractivity contribution in [3.05, 3.63) is 93.1 Å². The Bertz CT molecular complexity index is 2010. The number of nitrogens with one attached hydrogen (secondary N) is 1. The minimum absolute atomic E-state index is 0.0350. The van der Waals surface area contributed by atoms with Crippen molar-refractivity contribution in [1.29, 1.82) is 0 Å². The first-order valence-electron chi connectivity index (χ1n) is 16.3. The second-order valence-corrected chi connectivity index (χ2v) is 14.0. The molecule has 4 aliphatic rings. The summed E-state index contributed by atoms with van der Waals surface area (Å²) < 4.78 is 45.7. The van der Waals surface area contributed by atoms with Crippen molar-refractivity contribution in [2.24, 2.45) is 23.7 Å². The number of rotatable bonds is 7. The molecule has 2 aliphatic heterocycles. The van der Waals surface area contributed by atoms with E-state index in [0.29, 0.717) is 39.9 Å². The van der Waals surface area contributed by atoms with Gasteiger partial charge in [-0.25, -0.2) is 4.98 Å². The number of aromatic hydroxyl groups is 1. The molecule has 6 unspecified atom stereocenters. The maximum atomic E-state index is 15.2. The number of hydrogen-bond acceptors (Lipinski definition) is 8. The van der Waals surface area contributed by atoms with Crippen LogP contribution in [0.5, 0.6) is 11.5 Å². The number of benzene rings is 2. The van der Waals surface area contributed by atoms with Gasteiger partial charge in [-0.05, 0) is 55.0 Å². The summed E-state index contributed by atoms with van der Waals surface area (Å²) in [6.45, 7) is 2.10. The fourth-order valence-electron chi connectivity index (χ4n) is 8.57.